The minimum Gasteiger partial charge on any atom is -0.497 e. The largest absolute Gasteiger partial charge is 0.497 e. The number of hydrogen-bond donors (Lipinski definition) is 0. The summed E-state index contributed by atoms with van der Waals surface area (Å²) in [6, 6.07) is 11.0. The highest BCUT2D eigenvalue weighted by atomic mass is 32.2. The van der Waals surface area contributed by atoms with E-state index in [1.807, 2.05) is 12.1 Å². The molecule has 174 valence electrons. The SMILES string of the molecule is COc1ccc(CCN2CCN(C(=O)c3ccc(S(=O)(=O)N4CCCCC4)o3)CC2)cc1. The molecule has 0 radical (unpaired) electrons. The maximum absolute atomic E-state index is 12.9. The van der Waals surface area contributed by atoms with Gasteiger partial charge in [-0.1, -0.05) is 18.6 Å². The van der Waals surface area contributed by atoms with Gasteiger partial charge in [-0.25, -0.2) is 8.42 Å². The number of rotatable bonds is 7. The summed E-state index contributed by atoms with van der Waals surface area (Å²) >= 11 is 0. The number of methoxy groups -OCH3 is 1. The van der Waals surface area contributed by atoms with Crippen LogP contribution in [0.25, 0.3) is 0 Å². The molecule has 9 heteroatoms. The van der Waals surface area contributed by atoms with Crippen molar-refractivity contribution in [2.24, 2.45) is 0 Å². The van der Waals surface area contributed by atoms with Gasteiger partial charge in [-0.05, 0) is 49.1 Å². The summed E-state index contributed by atoms with van der Waals surface area (Å²) in [5, 5.41) is -0.138. The Hall–Kier alpha value is -2.36. The van der Waals surface area contributed by atoms with Gasteiger partial charge < -0.3 is 14.1 Å². The Kier molecular flexibility index (Phi) is 7.17. The van der Waals surface area contributed by atoms with Crippen LogP contribution < -0.4 is 4.74 Å². The highest BCUT2D eigenvalue weighted by molar-refractivity contribution is 7.89. The summed E-state index contributed by atoms with van der Waals surface area (Å²) in [7, 11) is -2.01. The van der Waals surface area contributed by atoms with E-state index < -0.39 is 10.0 Å². The molecule has 3 heterocycles. The topological polar surface area (TPSA) is 83.3 Å². The van der Waals surface area contributed by atoms with Crippen LogP contribution in [-0.2, 0) is 16.4 Å². The summed E-state index contributed by atoms with van der Waals surface area (Å²) in [6.07, 6.45) is 3.69. The third-order valence-electron chi connectivity index (χ3n) is 6.24. The number of furan rings is 1. The molecule has 2 aliphatic rings. The molecule has 0 spiro atoms. The van der Waals surface area contributed by atoms with E-state index in [0.717, 1.165) is 51.1 Å². The summed E-state index contributed by atoms with van der Waals surface area (Å²) < 4.78 is 37.7. The second-order valence-corrected chi connectivity index (χ2v) is 10.2. The van der Waals surface area contributed by atoms with E-state index >= 15 is 0 Å². The molecule has 1 aromatic carbocycles. The zero-order valence-corrected chi connectivity index (χ0v) is 19.3. The van der Waals surface area contributed by atoms with Crippen LogP contribution in [0.4, 0.5) is 0 Å². The molecule has 0 unspecified atom stereocenters. The third kappa shape index (κ3) is 5.16. The van der Waals surface area contributed by atoms with Gasteiger partial charge in [0.05, 0.1) is 7.11 Å². The first kappa shape index (κ1) is 22.8. The van der Waals surface area contributed by atoms with Crippen molar-refractivity contribution in [3.8, 4) is 5.75 Å². The van der Waals surface area contributed by atoms with Crippen molar-refractivity contribution in [2.75, 3.05) is 52.9 Å². The van der Waals surface area contributed by atoms with E-state index in [1.165, 1.54) is 22.0 Å². The first-order valence-corrected chi connectivity index (χ1v) is 12.7. The van der Waals surface area contributed by atoms with Crippen LogP contribution in [-0.4, -0.2) is 81.4 Å². The fraction of sp³-hybridized carbons (Fsp3) is 0.522. The summed E-state index contributed by atoms with van der Waals surface area (Å²) in [5.74, 6) is 0.692. The molecule has 1 aromatic heterocycles. The van der Waals surface area contributed by atoms with Gasteiger partial charge in [-0.2, -0.15) is 4.31 Å². The fourth-order valence-electron chi connectivity index (χ4n) is 4.22. The lowest BCUT2D eigenvalue weighted by Gasteiger charge is -2.34. The van der Waals surface area contributed by atoms with E-state index in [9.17, 15) is 13.2 Å². The molecule has 2 saturated heterocycles. The van der Waals surface area contributed by atoms with E-state index in [4.69, 9.17) is 9.15 Å². The molecular weight excluding hydrogens is 430 g/mol. The smallest absolute Gasteiger partial charge is 0.289 e. The Morgan fingerprint density at radius 2 is 1.62 bits per heavy atom. The second-order valence-electron chi connectivity index (χ2n) is 8.32. The average Bonchev–Trinajstić information content (AvgIpc) is 3.35. The molecule has 2 aromatic rings. The zero-order chi connectivity index (χ0) is 22.6. The second kappa shape index (κ2) is 10.1. The lowest BCUT2D eigenvalue weighted by Crippen LogP contribution is -2.49. The van der Waals surface area contributed by atoms with E-state index in [0.29, 0.717) is 26.2 Å². The van der Waals surface area contributed by atoms with Crippen molar-refractivity contribution in [1.82, 2.24) is 14.1 Å². The lowest BCUT2D eigenvalue weighted by molar-refractivity contribution is 0.0602. The molecule has 0 atom stereocenters. The molecule has 0 N–H and O–H groups in total. The van der Waals surface area contributed by atoms with E-state index in [1.54, 1.807) is 12.0 Å². The number of carbonyl (C=O) groups is 1. The Balaban J connectivity index is 1.29. The highest BCUT2D eigenvalue weighted by Crippen LogP contribution is 2.23. The number of nitrogens with zero attached hydrogens (tertiary/aromatic N) is 3. The lowest BCUT2D eigenvalue weighted by atomic mass is 10.1. The molecule has 0 bridgehead atoms. The van der Waals surface area contributed by atoms with Crippen LogP contribution in [0, 0.1) is 0 Å². The van der Waals surface area contributed by atoms with Crippen LogP contribution in [0.2, 0.25) is 0 Å². The number of piperidine rings is 1. The van der Waals surface area contributed by atoms with Crippen molar-refractivity contribution in [3.63, 3.8) is 0 Å². The van der Waals surface area contributed by atoms with E-state index in [2.05, 4.69) is 17.0 Å². The van der Waals surface area contributed by atoms with Gasteiger partial charge in [-0.15, -0.1) is 0 Å². The standard InChI is InChI=1S/C23H31N3O5S/c1-30-20-7-5-19(6-8-20)11-14-24-15-17-25(18-16-24)23(27)21-9-10-22(31-21)32(28,29)26-12-3-2-4-13-26/h5-10H,2-4,11-18H2,1H3. The minimum absolute atomic E-state index is 0.0901. The Bertz CT molecular complexity index is 1000. The van der Waals surface area contributed by atoms with E-state index in [-0.39, 0.29) is 16.8 Å². The van der Waals surface area contributed by atoms with Crippen LogP contribution in [0.1, 0.15) is 35.4 Å². The fourth-order valence-corrected chi connectivity index (χ4v) is 5.64. The van der Waals surface area contributed by atoms with Gasteiger partial charge in [0.2, 0.25) is 5.09 Å². The Morgan fingerprint density at radius 3 is 2.28 bits per heavy atom. The van der Waals surface area contributed by atoms with Gasteiger partial charge in [0, 0.05) is 45.8 Å². The zero-order valence-electron chi connectivity index (χ0n) is 18.5. The molecule has 0 saturated carbocycles. The predicted molar refractivity (Wildman–Crippen MR) is 120 cm³/mol. The maximum Gasteiger partial charge on any atom is 0.289 e. The molecule has 2 aliphatic heterocycles. The molecule has 8 nitrogen and oxygen atoms in total. The number of carbonyl (C=O) groups excluding carboxylic acids is 1. The molecule has 4 rings (SSSR count). The maximum atomic E-state index is 12.9. The number of ether oxygens (including phenoxy) is 1. The average molecular weight is 462 g/mol. The van der Waals surface area contributed by atoms with Crippen LogP contribution in [0.15, 0.2) is 45.9 Å². The number of sulfonamides is 1. The van der Waals surface area contributed by atoms with Crippen LogP contribution in [0.5, 0.6) is 5.75 Å². The van der Waals surface area contributed by atoms with Crippen molar-refractivity contribution in [2.45, 2.75) is 30.8 Å². The molecule has 1 amide bonds. The highest BCUT2D eigenvalue weighted by Gasteiger charge is 2.31. The van der Waals surface area contributed by atoms with Crippen LogP contribution in [0.3, 0.4) is 0 Å². The minimum atomic E-state index is -3.67. The Labute approximate surface area is 189 Å². The van der Waals surface area contributed by atoms with Crippen molar-refractivity contribution in [1.29, 1.82) is 0 Å². The summed E-state index contributed by atoms with van der Waals surface area (Å²) in [6.45, 7) is 4.68. The Morgan fingerprint density at radius 1 is 0.938 bits per heavy atom. The number of amides is 1. The van der Waals surface area contributed by atoms with Crippen molar-refractivity contribution in [3.05, 3.63) is 47.7 Å². The third-order valence-corrected chi connectivity index (χ3v) is 8.01. The van der Waals surface area contributed by atoms with Gasteiger partial charge in [0.1, 0.15) is 5.75 Å². The number of hydrogen-bond acceptors (Lipinski definition) is 6. The molecule has 0 aliphatic carbocycles. The molecule has 2 fully saturated rings. The monoisotopic (exact) mass is 461 g/mol. The first-order chi connectivity index (χ1) is 15.5. The summed E-state index contributed by atoms with van der Waals surface area (Å²) in [5.41, 5.74) is 1.25. The van der Waals surface area contributed by atoms with Gasteiger partial charge in [-0.3, -0.25) is 9.69 Å². The quantitative estimate of drug-likeness (QED) is 0.630. The van der Waals surface area contributed by atoms with Gasteiger partial charge >= 0.3 is 0 Å². The van der Waals surface area contributed by atoms with Crippen molar-refractivity contribution < 1.29 is 22.4 Å². The molecule has 32 heavy (non-hydrogen) atoms. The predicted octanol–water partition coefficient (Wildman–Crippen LogP) is 2.46. The number of benzene rings is 1. The van der Waals surface area contributed by atoms with Crippen LogP contribution >= 0.6 is 0 Å². The van der Waals surface area contributed by atoms with Gasteiger partial charge in [0.15, 0.2) is 5.76 Å². The normalized spacial score (nSPS) is 18.6. The van der Waals surface area contributed by atoms with Crippen molar-refractivity contribution >= 4 is 15.9 Å². The first-order valence-electron chi connectivity index (χ1n) is 11.2. The molecular formula is C23H31N3O5S. The van der Waals surface area contributed by atoms with Gasteiger partial charge in [0.25, 0.3) is 15.9 Å². The number of piperazine rings is 1. The summed E-state index contributed by atoms with van der Waals surface area (Å²) in [4.78, 5) is 16.9.